The van der Waals surface area contributed by atoms with Crippen molar-refractivity contribution in [2.24, 2.45) is 0 Å². The fourth-order valence-electron chi connectivity index (χ4n) is 2.62. The molecule has 1 N–H and O–H groups in total. The number of methoxy groups -OCH3 is 1. The van der Waals surface area contributed by atoms with E-state index in [9.17, 15) is 14.9 Å². The Balaban J connectivity index is 1.76. The lowest BCUT2D eigenvalue weighted by molar-refractivity contribution is -0.384. The predicted octanol–water partition coefficient (Wildman–Crippen LogP) is 3.28. The first-order chi connectivity index (χ1) is 13.0. The Morgan fingerprint density at radius 3 is 2.44 bits per heavy atom. The van der Waals surface area contributed by atoms with Gasteiger partial charge in [0.2, 0.25) is 5.91 Å². The Morgan fingerprint density at radius 2 is 1.85 bits per heavy atom. The minimum atomic E-state index is -0.463. The second-order valence-electron chi connectivity index (χ2n) is 5.93. The number of hydrogen-bond donors (Lipinski definition) is 1. The maximum absolute atomic E-state index is 12.4. The van der Waals surface area contributed by atoms with Crippen LogP contribution in [-0.4, -0.2) is 27.7 Å². The van der Waals surface area contributed by atoms with Gasteiger partial charge in [-0.1, -0.05) is 12.1 Å². The Bertz CT molecular complexity index is 962. The quantitative estimate of drug-likeness (QED) is 0.533. The summed E-state index contributed by atoms with van der Waals surface area (Å²) in [6, 6.07) is 15.0. The van der Waals surface area contributed by atoms with Gasteiger partial charge in [0.15, 0.2) is 0 Å². The van der Waals surface area contributed by atoms with E-state index in [1.54, 1.807) is 49.0 Å². The number of aryl methyl sites for hydroxylation is 1. The minimum Gasteiger partial charge on any atom is -0.497 e. The summed E-state index contributed by atoms with van der Waals surface area (Å²) < 4.78 is 6.65. The van der Waals surface area contributed by atoms with Crippen LogP contribution in [0.1, 0.15) is 11.3 Å². The number of aromatic nitrogens is 2. The Hall–Kier alpha value is -3.68. The molecule has 8 nitrogen and oxygen atoms in total. The maximum Gasteiger partial charge on any atom is 0.269 e. The zero-order chi connectivity index (χ0) is 19.4. The van der Waals surface area contributed by atoms with Crippen LogP contribution in [0.25, 0.3) is 5.69 Å². The number of hydrogen-bond acceptors (Lipinski definition) is 5. The van der Waals surface area contributed by atoms with Gasteiger partial charge in [-0.3, -0.25) is 14.9 Å². The second kappa shape index (κ2) is 7.69. The summed E-state index contributed by atoms with van der Waals surface area (Å²) in [5.74, 6) is 1.04. The lowest BCUT2D eigenvalue weighted by Crippen LogP contribution is -2.17. The van der Waals surface area contributed by atoms with Crippen molar-refractivity contribution in [3.05, 3.63) is 76.0 Å². The second-order valence-corrected chi connectivity index (χ2v) is 5.93. The Kier molecular flexibility index (Phi) is 5.16. The molecule has 27 heavy (non-hydrogen) atoms. The largest absolute Gasteiger partial charge is 0.497 e. The molecule has 1 heterocycles. The molecule has 2 aromatic carbocycles. The van der Waals surface area contributed by atoms with Crippen LogP contribution in [-0.2, 0) is 11.2 Å². The monoisotopic (exact) mass is 366 g/mol. The van der Waals surface area contributed by atoms with Gasteiger partial charge in [-0.05, 0) is 36.8 Å². The average molecular weight is 366 g/mol. The normalized spacial score (nSPS) is 10.4. The van der Waals surface area contributed by atoms with Gasteiger partial charge in [-0.25, -0.2) is 4.68 Å². The van der Waals surface area contributed by atoms with Gasteiger partial charge in [0.1, 0.15) is 11.6 Å². The molecule has 0 aliphatic carbocycles. The number of nitrogens with one attached hydrogen (secondary N) is 1. The summed E-state index contributed by atoms with van der Waals surface area (Å²) in [6.45, 7) is 1.81. The van der Waals surface area contributed by atoms with Crippen LogP contribution in [0.15, 0.2) is 54.6 Å². The van der Waals surface area contributed by atoms with E-state index >= 15 is 0 Å². The van der Waals surface area contributed by atoms with Crippen molar-refractivity contribution in [3.8, 4) is 11.4 Å². The molecule has 0 bridgehead atoms. The van der Waals surface area contributed by atoms with E-state index in [4.69, 9.17) is 4.74 Å². The molecule has 0 fully saturated rings. The highest BCUT2D eigenvalue weighted by Crippen LogP contribution is 2.20. The molecule has 8 heteroatoms. The van der Waals surface area contributed by atoms with E-state index in [0.29, 0.717) is 17.2 Å². The first-order valence-electron chi connectivity index (χ1n) is 8.20. The number of amides is 1. The molecule has 0 radical (unpaired) electrons. The van der Waals surface area contributed by atoms with Gasteiger partial charge in [0, 0.05) is 18.2 Å². The molecule has 0 aliphatic rings. The summed E-state index contributed by atoms with van der Waals surface area (Å²) in [5, 5.41) is 18.0. The van der Waals surface area contributed by atoms with Gasteiger partial charge in [-0.15, -0.1) is 0 Å². The van der Waals surface area contributed by atoms with Crippen molar-refractivity contribution < 1.29 is 14.5 Å². The molecular formula is C19H18N4O4. The molecule has 138 valence electrons. The van der Waals surface area contributed by atoms with E-state index in [1.165, 1.54) is 12.1 Å². The van der Waals surface area contributed by atoms with Crippen LogP contribution < -0.4 is 10.1 Å². The molecule has 0 saturated heterocycles. The van der Waals surface area contributed by atoms with E-state index < -0.39 is 4.92 Å². The van der Waals surface area contributed by atoms with E-state index in [-0.39, 0.29) is 18.0 Å². The fraction of sp³-hybridized carbons (Fsp3) is 0.158. The number of carbonyl (C=O) groups is 1. The summed E-state index contributed by atoms with van der Waals surface area (Å²) in [6.07, 6.45) is 0.203. The van der Waals surface area contributed by atoms with Gasteiger partial charge in [0.25, 0.3) is 5.69 Å². The van der Waals surface area contributed by atoms with Gasteiger partial charge in [0.05, 0.1) is 29.8 Å². The Labute approximate surface area is 155 Å². The lowest BCUT2D eigenvalue weighted by Gasteiger charge is -2.09. The van der Waals surface area contributed by atoms with Crippen molar-refractivity contribution in [2.45, 2.75) is 13.3 Å². The van der Waals surface area contributed by atoms with Crippen LogP contribution in [0, 0.1) is 17.0 Å². The van der Waals surface area contributed by atoms with Crippen LogP contribution in [0.4, 0.5) is 11.5 Å². The van der Waals surface area contributed by atoms with E-state index in [2.05, 4.69) is 10.4 Å². The number of nitro benzene ring substituents is 1. The molecule has 0 unspecified atom stereocenters. The van der Waals surface area contributed by atoms with Crippen LogP contribution in [0.3, 0.4) is 0 Å². The van der Waals surface area contributed by atoms with Crippen molar-refractivity contribution >= 4 is 17.4 Å². The highest BCUT2D eigenvalue weighted by atomic mass is 16.6. The number of benzene rings is 2. The third-order valence-electron chi connectivity index (χ3n) is 3.93. The van der Waals surface area contributed by atoms with Crippen LogP contribution in [0.5, 0.6) is 5.75 Å². The number of nitrogens with zero attached hydrogens (tertiary/aromatic N) is 3. The van der Waals surface area contributed by atoms with Crippen LogP contribution in [0.2, 0.25) is 0 Å². The zero-order valence-corrected chi connectivity index (χ0v) is 14.9. The maximum atomic E-state index is 12.4. The number of carbonyl (C=O) groups excluding carboxylic acids is 1. The highest BCUT2D eigenvalue weighted by molar-refractivity contribution is 5.91. The number of anilines is 1. The molecule has 0 aliphatic heterocycles. The van der Waals surface area contributed by atoms with Crippen LogP contribution >= 0.6 is 0 Å². The van der Waals surface area contributed by atoms with Crippen molar-refractivity contribution in [1.82, 2.24) is 9.78 Å². The third kappa shape index (κ3) is 4.30. The number of ether oxygens (including phenoxy) is 1. The average Bonchev–Trinajstić information content (AvgIpc) is 3.02. The SMILES string of the molecule is COc1ccc(CC(=O)Nc2cc(C)nn2-c2ccc([N+](=O)[O-])cc2)cc1. The minimum absolute atomic E-state index is 0.00674. The molecule has 3 rings (SSSR count). The first-order valence-corrected chi connectivity index (χ1v) is 8.20. The molecular weight excluding hydrogens is 348 g/mol. The zero-order valence-electron chi connectivity index (χ0n) is 14.9. The highest BCUT2D eigenvalue weighted by Gasteiger charge is 2.13. The first kappa shape index (κ1) is 18.1. The van der Waals surface area contributed by atoms with Crippen molar-refractivity contribution in [3.63, 3.8) is 0 Å². The lowest BCUT2D eigenvalue weighted by atomic mass is 10.1. The third-order valence-corrected chi connectivity index (χ3v) is 3.93. The number of non-ortho nitro benzene ring substituents is 1. The van der Waals surface area contributed by atoms with Crippen molar-refractivity contribution in [2.75, 3.05) is 12.4 Å². The topological polar surface area (TPSA) is 99.3 Å². The van der Waals surface area contributed by atoms with Gasteiger partial charge in [-0.2, -0.15) is 5.10 Å². The summed E-state index contributed by atoms with van der Waals surface area (Å²) in [7, 11) is 1.59. The predicted molar refractivity (Wildman–Crippen MR) is 100 cm³/mol. The summed E-state index contributed by atoms with van der Waals surface area (Å²) >= 11 is 0. The molecule has 0 spiro atoms. The Morgan fingerprint density at radius 1 is 1.19 bits per heavy atom. The summed E-state index contributed by atoms with van der Waals surface area (Å²) in [4.78, 5) is 22.7. The fourth-order valence-corrected chi connectivity index (χ4v) is 2.62. The molecule has 1 amide bonds. The number of nitro groups is 1. The molecule has 0 saturated carbocycles. The van der Waals surface area contributed by atoms with Gasteiger partial charge < -0.3 is 10.1 Å². The van der Waals surface area contributed by atoms with Gasteiger partial charge >= 0.3 is 0 Å². The molecule has 3 aromatic rings. The van der Waals surface area contributed by atoms with E-state index in [0.717, 1.165) is 11.3 Å². The summed E-state index contributed by atoms with van der Waals surface area (Å²) in [5.41, 5.74) is 2.18. The molecule has 1 aromatic heterocycles. The van der Waals surface area contributed by atoms with Crippen molar-refractivity contribution in [1.29, 1.82) is 0 Å². The molecule has 0 atom stereocenters. The smallest absolute Gasteiger partial charge is 0.269 e. The standard InChI is InChI=1S/C19H18N4O4/c1-13-11-18(20-19(24)12-14-3-9-17(27-2)10-4-14)22(21-13)15-5-7-16(8-6-15)23(25)26/h3-11H,12H2,1-2H3,(H,20,24). The van der Waals surface area contributed by atoms with E-state index in [1.807, 2.05) is 12.1 Å². The number of rotatable bonds is 6.